The number of ether oxygens (including phenoxy) is 3. The minimum Gasteiger partial charge on any atom is -0.508 e. The van der Waals surface area contributed by atoms with Crippen LogP contribution in [0.3, 0.4) is 0 Å². The van der Waals surface area contributed by atoms with Crippen LogP contribution >= 0.6 is 15.9 Å². The molecule has 3 rings (SSSR count). The fourth-order valence-electron chi connectivity index (χ4n) is 2.19. The second-order valence-electron chi connectivity index (χ2n) is 6.97. The van der Waals surface area contributed by atoms with Crippen molar-refractivity contribution < 1.29 is 38.6 Å². The summed E-state index contributed by atoms with van der Waals surface area (Å²) in [5.41, 5.74) is 0.435. The molecule has 0 unspecified atom stereocenters. The van der Waals surface area contributed by atoms with E-state index in [2.05, 4.69) is 39.8 Å². The molecule has 2 fully saturated rings. The molecule has 1 aromatic carbocycles. The normalized spacial score (nSPS) is 15.5. The van der Waals surface area contributed by atoms with E-state index >= 15 is 0 Å². The van der Waals surface area contributed by atoms with E-state index in [0.717, 1.165) is 0 Å². The maximum absolute atomic E-state index is 10.8. The molecule has 2 aliphatic heterocycles. The van der Waals surface area contributed by atoms with E-state index in [1.165, 1.54) is 57.1 Å². The number of amides is 3. The monoisotopic (exact) mass is 549 g/mol. The summed E-state index contributed by atoms with van der Waals surface area (Å²) in [7, 11) is 1.31. The number of alkyl halides is 1. The van der Waals surface area contributed by atoms with Gasteiger partial charge in [-0.3, -0.25) is 20.2 Å². The Balaban J connectivity index is 0.000000440. The highest BCUT2D eigenvalue weighted by Crippen LogP contribution is 2.22. The van der Waals surface area contributed by atoms with Crippen LogP contribution in [-0.4, -0.2) is 66.0 Å². The van der Waals surface area contributed by atoms with Crippen molar-refractivity contribution in [3.8, 4) is 5.75 Å². The van der Waals surface area contributed by atoms with Gasteiger partial charge in [-0.2, -0.15) is 0 Å². The number of esters is 1. The number of aromatic hydroxyl groups is 1. The van der Waals surface area contributed by atoms with Crippen LogP contribution in [0.1, 0.15) is 49.9 Å². The van der Waals surface area contributed by atoms with Gasteiger partial charge in [-0.05, 0) is 24.3 Å². The van der Waals surface area contributed by atoms with Crippen LogP contribution in [0, 0.1) is 10.1 Å². The number of rotatable bonds is 5. The van der Waals surface area contributed by atoms with E-state index in [1.54, 1.807) is 0 Å². The molecule has 0 radical (unpaired) electrons. The summed E-state index contributed by atoms with van der Waals surface area (Å²) in [6.45, 7) is 4.84. The minimum atomic E-state index is -1.23. The van der Waals surface area contributed by atoms with Crippen LogP contribution in [0.25, 0.3) is 0 Å². The number of carbonyl (C=O) groups excluding carboxylic acids is 3. The lowest BCUT2D eigenvalue weighted by Crippen LogP contribution is -2.45. The number of nitro groups is 1. The topological polar surface area (TPSA) is 166 Å². The Bertz CT molecular complexity index is 751. The predicted molar refractivity (Wildman–Crippen MR) is 126 cm³/mol. The molecule has 3 N–H and O–H groups in total. The Hall–Kier alpha value is -2.77. The second kappa shape index (κ2) is 17.7. The number of carbonyl (C=O) groups is 3. The number of unbranched alkanes of at least 4 members (excludes halogenated alkanes) is 3. The molecular formula is C21H32BrN3O9. The van der Waals surface area contributed by atoms with Gasteiger partial charge in [0.15, 0.2) is 0 Å². The number of halogens is 1. The van der Waals surface area contributed by atoms with Gasteiger partial charge in [-0.25, -0.2) is 9.59 Å². The Labute approximate surface area is 206 Å². The highest BCUT2D eigenvalue weighted by Gasteiger charge is 2.43. The molecule has 0 aromatic heterocycles. The number of phenols is 1. The number of hydrogen-bond donors (Lipinski definition) is 3. The first-order valence-corrected chi connectivity index (χ1v) is 11.3. The van der Waals surface area contributed by atoms with E-state index in [9.17, 15) is 24.5 Å². The Kier molecular flexibility index (Phi) is 16.2. The Morgan fingerprint density at radius 3 is 2.00 bits per heavy atom. The quantitative estimate of drug-likeness (QED) is 0.0950. The van der Waals surface area contributed by atoms with Crippen LogP contribution in [-0.2, 0) is 19.0 Å². The van der Waals surface area contributed by atoms with Gasteiger partial charge in [0.05, 0.1) is 19.2 Å². The van der Waals surface area contributed by atoms with Gasteiger partial charge in [0.25, 0.3) is 0 Å². The fraction of sp³-hybridized carbons (Fsp3) is 0.571. The van der Waals surface area contributed by atoms with Gasteiger partial charge in [0.1, 0.15) is 25.8 Å². The average Bonchev–Trinajstić information content (AvgIpc) is 3.21. The van der Waals surface area contributed by atoms with Gasteiger partial charge in [0, 0.05) is 20.9 Å². The number of imide groups is 1. The van der Waals surface area contributed by atoms with Gasteiger partial charge in [-0.15, -0.1) is 0 Å². The molecule has 0 spiro atoms. The molecule has 2 heterocycles. The molecule has 0 saturated carbocycles. The van der Waals surface area contributed by atoms with Gasteiger partial charge in [0.2, 0.25) is 5.91 Å². The molecular weight excluding hydrogens is 518 g/mol. The first-order chi connectivity index (χ1) is 16.1. The second-order valence-corrected chi connectivity index (χ2v) is 8.44. The number of nitrogens with zero attached hydrogens (tertiary/aromatic N) is 1. The van der Waals surface area contributed by atoms with Crippen molar-refractivity contribution in [1.29, 1.82) is 0 Å². The summed E-state index contributed by atoms with van der Waals surface area (Å²) in [6, 6.07) is 5.48. The molecule has 2 aliphatic rings. The summed E-state index contributed by atoms with van der Waals surface area (Å²) in [6.07, 6.45) is 5.54. The van der Waals surface area contributed by atoms with Gasteiger partial charge < -0.3 is 24.6 Å². The number of nitrogens with one attached hydrogen (secondary N) is 2. The zero-order valence-corrected chi connectivity index (χ0v) is 21.1. The van der Waals surface area contributed by atoms with Crippen LogP contribution in [0.15, 0.2) is 24.3 Å². The van der Waals surface area contributed by atoms with Crippen LogP contribution in [0.4, 0.5) is 4.79 Å². The third-order valence-corrected chi connectivity index (χ3v) is 4.80. The average molecular weight is 550 g/mol. The number of urea groups is 1. The first-order valence-electron chi connectivity index (χ1n) is 10.5. The largest absolute Gasteiger partial charge is 0.508 e. The lowest BCUT2D eigenvalue weighted by Gasteiger charge is -2.23. The van der Waals surface area contributed by atoms with E-state index in [4.69, 9.17) is 14.6 Å². The molecule has 0 atom stereocenters. The van der Waals surface area contributed by atoms with Crippen molar-refractivity contribution in [3.63, 3.8) is 0 Å². The van der Waals surface area contributed by atoms with E-state index in [0.29, 0.717) is 5.56 Å². The predicted octanol–water partition coefficient (Wildman–Crippen LogP) is 2.95. The van der Waals surface area contributed by atoms with Crippen molar-refractivity contribution in [3.05, 3.63) is 39.9 Å². The van der Waals surface area contributed by atoms with Crippen molar-refractivity contribution in [2.24, 2.45) is 0 Å². The van der Waals surface area contributed by atoms with E-state index in [1.807, 2.05) is 5.32 Å². The molecule has 192 valence electrons. The highest BCUT2D eigenvalue weighted by molar-refractivity contribution is 9.10. The number of benzene rings is 1. The Morgan fingerprint density at radius 1 is 1.18 bits per heavy atom. The highest BCUT2D eigenvalue weighted by atomic mass is 79.9. The molecule has 12 nitrogen and oxygen atoms in total. The van der Waals surface area contributed by atoms with Crippen molar-refractivity contribution in [1.82, 2.24) is 10.6 Å². The molecule has 2 saturated heterocycles. The van der Waals surface area contributed by atoms with Crippen LogP contribution in [0.5, 0.6) is 5.75 Å². The molecule has 0 aliphatic carbocycles. The standard InChI is InChI=1S/C8H8O3.C6H14.C4H6BrNO4.C3H4N2O2/c1-11-8(10)6-2-4-7(9)5-3-6;1-3-5-6-4-2;5-4(6(7)8)1-9-3-10-2-4;6-2-1-4-3(7)5-2/h2-5,9H,1H3;3-6H2,1-2H3;1-3H2;1H2,(H2,4,5,6,7). The van der Waals surface area contributed by atoms with Gasteiger partial charge in [-0.1, -0.05) is 39.5 Å². The fourth-order valence-corrected chi connectivity index (χ4v) is 2.52. The van der Waals surface area contributed by atoms with Gasteiger partial charge >= 0.3 is 16.4 Å². The SMILES string of the molecule is CCCCCC.COC(=O)c1ccc(O)cc1.O=C1CNC(=O)N1.O=[N+]([O-])C1(Br)COCOC1. The molecule has 1 aromatic rings. The lowest BCUT2D eigenvalue weighted by atomic mass is 10.2. The van der Waals surface area contributed by atoms with Crippen molar-refractivity contribution in [2.75, 3.05) is 33.7 Å². The first kappa shape index (κ1) is 31.2. The number of phenolic OH excluding ortho intramolecular Hbond substituents is 1. The maximum Gasteiger partial charge on any atom is 0.337 e. The summed E-state index contributed by atoms with van der Waals surface area (Å²) >= 11 is 2.91. The number of hydrogen-bond acceptors (Lipinski definition) is 9. The molecule has 13 heteroatoms. The molecule has 3 amide bonds. The summed E-state index contributed by atoms with van der Waals surface area (Å²) in [5.74, 6) is -0.521. The van der Waals surface area contributed by atoms with Crippen LogP contribution < -0.4 is 10.6 Å². The Morgan fingerprint density at radius 2 is 1.71 bits per heavy atom. The summed E-state index contributed by atoms with van der Waals surface area (Å²) < 4.78 is 12.7. The van der Waals surface area contributed by atoms with Crippen LogP contribution in [0.2, 0.25) is 0 Å². The number of methoxy groups -OCH3 is 1. The lowest BCUT2D eigenvalue weighted by molar-refractivity contribution is -0.552. The van der Waals surface area contributed by atoms with E-state index < -0.39 is 21.4 Å². The van der Waals surface area contributed by atoms with Crippen molar-refractivity contribution in [2.45, 2.75) is 44.0 Å². The third kappa shape index (κ3) is 13.7. The van der Waals surface area contributed by atoms with Crippen molar-refractivity contribution >= 4 is 33.8 Å². The zero-order valence-electron chi connectivity index (χ0n) is 19.5. The summed E-state index contributed by atoms with van der Waals surface area (Å²) in [5, 5.41) is 23.4. The zero-order chi connectivity index (χ0) is 26.0. The van der Waals surface area contributed by atoms with E-state index in [-0.39, 0.29) is 38.2 Å². The summed E-state index contributed by atoms with van der Waals surface area (Å²) in [4.78, 5) is 40.7. The molecule has 0 bridgehead atoms. The smallest absolute Gasteiger partial charge is 0.337 e. The third-order valence-electron chi connectivity index (χ3n) is 4.05. The maximum atomic E-state index is 10.8. The minimum absolute atomic E-state index is 0.0556. The molecule has 34 heavy (non-hydrogen) atoms.